The summed E-state index contributed by atoms with van der Waals surface area (Å²) in [6.45, 7) is 1.78. The average molecular weight is 228 g/mol. The van der Waals surface area contributed by atoms with E-state index in [9.17, 15) is 5.11 Å². The van der Waals surface area contributed by atoms with Crippen molar-refractivity contribution in [1.29, 1.82) is 0 Å². The van der Waals surface area contributed by atoms with Gasteiger partial charge in [0.1, 0.15) is 11.5 Å². The average Bonchev–Trinajstić information content (AvgIpc) is 2.30. The first kappa shape index (κ1) is 11.7. The van der Waals surface area contributed by atoms with Crippen LogP contribution in [0, 0.1) is 0 Å². The summed E-state index contributed by atoms with van der Waals surface area (Å²) in [5, 5.41) is 9.35. The van der Waals surface area contributed by atoms with Crippen molar-refractivity contribution in [2.45, 2.75) is 19.4 Å². The molecular formula is C15H16O2. The molecule has 2 heteroatoms. The van der Waals surface area contributed by atoms with Crippen LogP contribution in [0.5, 0.6) is 11.5 Å². The molecule has 0 saturated heterocycles. The lowest BCUT2D eigenvalue weighted by molar-refractivity contribution is 0.195. The highest BCUT2D eigenvalue weighted by atomic mass is 16.5. The van der Waals surface area contributed by atoms with Gasteiger partial charge in [0.05, 0.1) is 6.10 Å². The first-order valence-corrected chi connectivity index (χ1v) is 5.74. The SMILES string of the molecule is C[C@@H](O)Cc1cccc(Oc2ccccc2)c1. The summed E-state index contributed by atoms with van der Waals surface area (Å²) in [5.41, 5.74) is 1.08. The van der Waals surface area contributed by atoms with E-state index in [4.69, 9.17) is 4.74 Å². The van der Waals surface area contributed by atoms with Crippen molar-refractivity contribution in [2.24, 2.45) is 0 Å². The Balaban J connectivity index is 2.11. The fourth-order valence-corrected chi connectivity index (χ4v) is 1.70. The molecule has 0 aliphatic rings. The number of benzene rings is 2. The van der Waals surface area contributed by atoms with Gasteiger partial charge in [0.15, 0.2) is 0 Å². The number of para-hydroxylation sites is 1. The summed E-state index contributed by atoms with van der Waals surface area (Å²) in [7, 11) is 0. The number of rotatable bonds is 4. The largest absolute Gasteiger partial charge is 0.457 e. The van der Waals surface area contributed by atoms with Crippen LogP contribution in [0.2, 0.25) is 0 Å². The molecule has 0 fully saturated rings. The van der Waals surface area contributed by atoms with Crippen molar-refractivity contribution in [1.82, 2.24) is 0 Å². The van der Waals surface area contributed by atoms with Gasteiger partial charge < -0.3 is 9.84 Å². The van der Waals surface area contributed by atoms with Gasteiger partial charge in [-0.2, -0.15) is 0 Å². The number of aliphatic hydroxyl groups excluding tert-OH is 1. The maximum absolute atomic E-state index is 9.35. The maximum atomic E-state index is 9.35. The van der Waals surface area contributed by atoms with Crippen LogP contribution in [0.25, 0.3) is 0 Å². The van der Waals surface area contributed by atoms with Crippen LogP contribution in [0.4, 0.5) is 0 Å². The van der Waals surface area contributed by atoms with E-state index in [0.29, 0.717) is 6.42 Å². The zero-order valence-electron chi connectivity index (χ0n) is 9.84. The lowest BCUT2D eigenvalue weighted by Gasteiger charge is -2.08. The number of ether oxygens (including phenoxy) is 1. The molecule has 2 rings (SSSR count). The minimum Gasteiger partial charge on any atom is -0.457 e. The normalized spacial score (nSPS) is 12.1. The fourth-order valence-electron chi connectivity index (χ4n) is 1.70. The second-order valence-electron chi connectivity index (χ2n) is 4.12. The molecule has 0 unspecified atom stereocenters. The third-order valence-electron chi connectivity index (χ3n) is 2.41. The minimum atomic E-state index is -0.332. The van der Waals surface area contributed by atoms with Crippen LogP contribution in [-0.2, 0) is 6.42 Å². The van der Waals surface area contributed by atoms with Gasteiger partial charge in [-0.3, -0.25) is 0 Å². The van der Waals surface area contributed by atoms with Crippen LogP contribution < -0.4 is 4.74 Å². The Hall–Kier alpha value is -1.80. The lowest BCUT2D eigenvalue weighted by Crippen LogP contribution is -2.03. The highest BCUT2D eigenvalue weighted by molar-refractivity contribution is 5.34. The minimum absolute atomic E-state index is 0.332. The quantitative estimate of drug-likeness (QED) is 0.869. The molecule has 0 aromatic heterocycles. The third kappa shape index (κ3) is 3.61. The number of aliphatic hydroxyl groups is 1. The molecule has 2 aromatic carbocycles. The summed E-state index contributed by atoms with van der Waals surface area (Å²) in [5.74, 6) is 1.62. The molecule has 0 spiro atoms. The Morgan fingerprint density at radius 3 is 2.41 bits per heavy atom. The Morgan fingerprint density at radius 1 is 1.00 bits per heavy atom. The summed E-state index contributed by atoms with van der Waals surface area (Å²) in [4.78, 5) is 0. The van der Waals surface area contributed by atoms with Gasteiger partial charge in [-0.15, -0.1) is 0 Å². The van der Waals surface area contributed by atoms with E-state index < -0.39 is 0 Å². The Kier molecular flexibility index (Phi) is 3.78. The summed E-state index contributed by atoms with van der Waals surface area (Å²) in [6.07, 6.45) is 0.313. The van der Waals surface area contributed by atoms with Crippen molar-refractivity contribution < 1.29 is 9.84 Å². The van der Waals surface area contributed by atoms with Crippen molar-refractivity contribution in [2.75, 3.05) is 0 Å². The number of hydrogen-bond donors (Lipinski definition) is 1. The van der Waals surface area contributed by atoms with Gasteiger partial charge in [0.2, 0.25) is 0 Å². The smallest absolute Gasteiger partial charge is 0.127 e. The Bertz CT molecular complexity index is 463. The molecule has 0 radical (unpaired) electrons. The molecule has 0 aliphatic carbocycles. The van der Waals surface area contributed by atoms with Gasteiger partial charge >= 0.3 is 0 Å². The van der Waals surface area contributed by atoms with E-state index in [1.165, 1.54) is 0 Å². The zero-order chi connectivity index (χ0) is 12.1. The molecule has 0 aliphatic heterocycles. The molecule has 2 aromatic rings. The van der Waals surface area contributed by atoms with Gasteiger partial charge in [-0.1, -0.05) is 30.3 Å². The molecule has 0 saturated carbocycles. The van der Waals surface area contributed by atoms with Crippen molar-refractivity contribution in [3.8, 4) is 11.5 Å². The van der Waals surface area contributed by atoms with Gasteiger partial charge in [0.25, 0.3) is 0 Å². The van der Waals surface area contributed by atoms with Crippen molar-refractivity contribution in [3.63, 3.8) is 0 Å². The van der Waals surface area contributed by atoms with E-state index in [0.717, 1.165) is 17.1 Å². The van der Waals surface area contributed by atoms with Gasteiger partial charge in [0, 0.05) is 0 Å². The topological polar surface area (TPSA) is 29.5 Å². The summed E-state index contributed by atoms with van der Waals surface area (Å²) in [6, 6.07) is 17.5. The maximum Gasteiger partial charge on any atom is 0.127 e. The van der Waals surface area contributed by atoms with Crippen molar-refractivity contribution in [3.05, 3.63) is 60.2 Å². The van der Waals surface area contributed by atoms with Crippen molar-refractivity contribution >= 4 is 0 Å². The van der Waals surface area contributed by atoms with Crippen LogP contribution >= 0.6 is 0 Å². The molecule has 1 N–H and O–H groups in total. The van der Waals surface area contributed by atoms with E-state index in [1.54, 1.807) is 6.92 Å². The zero-order valence-corrected chi connectivity index (χ0v) is 9.84. The molecular weight excluding hydrogens is 212 g/mol. The molecule has 1 atom stereocenters. The molecule has 2 nitrogen and oxygen atoms in total. The van der Waals surface area contributed by atoms with E-state index in [-0.39, 0.29) is 6.10 Å². The number of hydrogen-bond acceptors (Lipinski definition) is 2. The predicted octanol–water partition coefficient (Wildman–Crippen LogP) is 3.40. The molecule has 0 amide bonds. The third-order valence-corrected chi connectivity index (χ3v) is 2.41. The predicted molar refractivity (Wildman–Crippen MR) is 68.3 cm³/mol. The molecule has 0 heterocycles. The first-order chi connectivity index (χ1) is 8.24. The van der Waals surface area contributed by atoms with E-state index in [1.807, 2.05) is 54.6 Å². The monoisotopic (exact) mass is 228 g/mol. The van der Waals surface area contributed by atoms with Crippen LogP contribution in [-0.4, -0.2) is 11.2 Å². The molecule has 0 bridgehead atoms. The van der Waals surface area contributed by atoms with Gasteiger partial charge in [-0.25, -0.2) is 0 Å². The Labute approximate surface area is 101 Å². The van der Waals surface area contributed by atoms with E-state index in [2.05, 4.69) is 0 Å². The van der Waals surface area contributed by atoms with Crippen LogP contribution in [0.15, 0.2) is 54.6 Å². The fraction of sp³-hybridized carbons (Fsp3) is 0.200. The van der Waals surface area contributed by atoms with Crippen LogP contribution in [0.3, 0.4) is 0 Å². The van der Waals surface area contributed by atoms with Gasteiger partial charge in [-0.05, 0) is 43.2 Å². The Morgan fingerprint density at radius 2 is 1.71 bits per heavy atom. The lowest BCUT2D eigenvalue weighted by atomic mass is 10.1. The first-order valence-electron chi connectivity index (χ1n) is 5.74. The van der Waals surface area contributed by atoms with E-state index >= 15 is 0 Å². The molecule has 88 valence electrons. The van der Waals surface area contributed by atoms with Crippen LogP contribution in [0.1, 0.15) is 12.5 Å². The molecule has 17 heavy (non-hydrogen) atoms. The second-order valence-corrected chi connectivity index (χ2v) is 4.12. The summed E-state index contributed by atoms with van der Waals surface area (Å²) >= 11 is 0. The highest BCUT2D eigenvalue weighted by Crippen LogP contribution is 2.22. The summed E-state index contributed by atoms with van der Waals surface area (Å²) < 4.78 is 5.72. The highest BCUT2D eigenvalue weighted by Gasteiger charge is 2.01. The second kappa shape index (κ2) is 5.51. The standard InChI is InChI=1S/C15H16O2/c1-12(16)10-13-6-5-9-15(11-13)17-14-7-3-2-4-8-14/h2-9,11-12,16H,10H2,1H3/t12-/m1/s1.